The molecule has 1 aliphatic heterocycles. The lowest BCUT2D eigenvalue weighted by Gasteiger charge is -2.31. The number of nitrogen functional groups attached to an aromatic ring is 1. The van der Waals surface area contributed by atoms with Crippen molar-refractivity contribution in [3.05, 3.63) is 28.2 Å². The van der Waals surface area contributed by atoms with E-state index in [0.717, 1.165) is 29.8 Å². The molecule has 1 fully saturated rings. The van der Waals surface area contributed by atoms with E-state index in [1.807, 2.05) is 12.1 Å². The number of methoxy groups -OCH3 is 1. The number of likely N-dealkylation sites (tertiary alicyclic amines) is 1. The summed E-state index contributed by atoms with van der Waals surface area (Å²) in [6.45, 7) is 3.11. The molecule has 0 bridgehead atoms. The normalized spacial score (nSPS) is 21.6. The zero-order chi connectivity index (χ0) is 12.3. The molecule has 4 heteroatoms. The van der Waals surface area contributed by atoms with Gasteiger partial charge in [-0.1, -0.05) is 15.9 Å². The van der Waals surface area contributed by atoms with E-state index in [-0.39, 0.29) is 0 Å². The zero-order valence-corrected chi connectivity index (χ0v) is 11.7. The summed E-state index contributed by atoms with van der Waals surface area (Å²) in [7, 11) is 1.80. The number of rotatable bonds is 3. The number of halogens is 1. The predicted octanol–water partition coefficient (Wildman–Crippen LogP) is 2.64. The number of hydrogen-bond donors (Lipinski definition) is 1. The van der Waals surface area contributed by atoms with Crippen molar-refractivity contribution in [3.8, 4) is 0 Å². The minimum absolute atomic E-state index is 0.383. The van der Waals surface area contributed by atoms with E-state index in [2.05, 4.69) is 26.9 Å². The second-order valence-electron chi connectivity index (χ2n) is 4.63. The Kier molecular flexibility index (Phi) is 4.42. The molecule has 2 rings (SSSR count). The maximum atomic E-state index is 5.84. The first-order valence-corrected chi connectivity index (χ1v) is 6.77. The van der Waals surface area contributed by atoms with Gasteiger partial charge >= 0.3 is 0 Å². The third-order valence-corrected chi connectivity index (χ3v) is 3.64. The molecule has 17 heavy (non-hydrogen) atoms. The van der Waals surface area contributed by atoms with Gasteiger partial charge in [0, 0.05) is 30.4 Å². The average Bonchev–Trinajstić information content (AvgIpc) is 2.28. The van der Waals surface area contributed by atoms with Crippen LogP contribution in [0.15, 0.2) is 22.7 Å². The highest BCUT2D eigenvalue weighted by Crippen LogP contribution is 2.20. The van der Waals surface area contributed by atoms with Crippen molar-refractivity contribution >= 4 is 21.6 Å². The number of benzene rings is 1. The Morgan fingerprint density at radius 2 is 2.29 bits per heavy atom. The molecule has 0 spiro atoms. The average molecular weight is 299 g/mol. The van der Waals surface area contributed by atoms with Gasteiger partial charge in [0.25, 0.3) is 0 Å². The molecule has 0 amide bonds. The van der Waals surface area contributed by atoms with Crippen molar-refractivity contribution in [1.82, 2.24) is 4.90 Å². The van der Waals surface area contributed by atoms with Gasteiger partial charge in [0.05, 0.1) is 6.10 Å². The quantitative estimate of drug-likeness (QED) is 0.872. The van der Waals surface area contributed by atoms with E-state index in [0.29, 0.717) is 6.10 Å². The molecule has 0 aliphatic carbocycles. The minimum Gasteiger partial charge on any atom is -0.399 e. The van der Waals surface area contributed by atoms with Crippen molar-refractivity contribution in [1.29, 1.82) is 0 Å². The number of piperidine rings is 1. The second kappa shape index (κ2) is 5.85. The van der Waals surface area contributed by atoms with E-state index in [1.54, 1.807) is 7.11 Å². The maximum absolute atomic E-state index is 5.84. The molecular formula is C13H19BrN2O. The molecule has 94 valence electrons. The van der Waals surface area contributed by atoms with Gasteiger partial charge in [-0.3, -0.25) is 4.90 Å². The summed E-state index contributed by atoms with van der Waals surface area (Å²) >= 11 is 3.48. The van der Waals surface area contributed by atoms with Crippen molar-refractivity contribution in [2.45, 2.75) is 25.5 Å². The topological polar surface area (TPSA) is 38.5 Å². The van der Waals surface area contributed by atoms with Crippen LogP contribution in [0.3, 0.4) is 0 Å². The maximum Gasteiger partial charge on any atom is 0.0698 e. The van der Waals surface area contributed by atoms with E-state index < -0.39 is 0 Å². The fraction of sp³-hybridized carbons (Fsp3) is 0.538. The summed E-state index contributed by atoms with van der Waals surface area (Å²) in [5, 5.41) is 0. The van der Waals surface area contributed by atoms with Crippen LogP contribution in [0.1, 0.15) is 18.4 Å². The summed E-state index contributed by atoms with van der Waals surface area (Å²) in [5.74, 6) is 0. The van der Waals surface area contributed by atoms with Gasteiger partial charge in [-0.05, 0) is 43.1 Å². The lowest BCUT2D eigenvalue weighted by atomic mass is 10.1. The van der Waals surface area contributed by atoms with Crippen molar-refractivity contribution in [2.24, 2.45) is 0 Å². The summed E-state index contributed by atoms with van der Waals surface area (Å²) in [6, 6.07) is 6.10. The first-order valence-electron chi connectivity index (χ1n) is 5.97. The molecule has 1 saturated heterocycles. The molecule has 0 saturated carbocycles. The van der Waals surface area contributed by atoms with Crippen LogP contribution in [-0.4, -0.2) is 31.2 Å². The van der Waals surface area contributed by atoms with Gasteiger partial charge in [-0.2, -0.15) is 0 Å². The minimum atomic E-state index is 0.383. The molecule has 1 aromatic carbocycles. The molecule has 0 aromatic heterocycles. The van der Waals surface area contributed by atoms with Gasteiger partial charge in [0.15, 0.2) is 0 Å². The second-order valence-corrected chi connectivity index (χ2v) is 5.54. The van der Waals surface area contributed by atoms with Crippen LogP contribution >= 0.6 is 15.9 Å². The molecular weight excluding hydrogens is 280 g/mol. The number of nitrogens with zero attached hydrogens (tertiary/aromatic N) is 1. The lowest BCUT2D eigenvalue weighted by Crippen LogP contribution is -2.38. The molecule has 1 aliphatic rings. The summed E-state index contributed by atoms with van der Waals surface area (Å²) in [6.07, 6.45) is 2.77. The number of ether oxygens (including phenoxy) is 1. The first-order chi connectivity index (χ1) is 8.17. The summed E-state index contributed by atoms with van der Waals surface area (Å²) in [4.78, 5) is 2.43. The third kappa shape index (κ3) is 3.69. The molecule has 0 radical (unpaired) electrons. The Bertz CT molecular complexity index is 363. The first kappa shape index (κ1) is 12.9. The zero-order valence-electron chi connectivity index (χ0n) is 10.2. The van der Waals surface area contributed by atoms with E-state index in [1.165, 1.54) is 18.4 Å². The van der Waals surface area contributed by atoms with Crippen LogP contribution in [-0.2, 0) is 11.3 Å². The highest BCUT2D eigenvalue weighted by Gasteiger charge is 2.19. The fourth-order valence-corrected chi connectivity index (χ4v) is 2.93. The molecule has 1 unspecified atom stereocenters. The number of hydrogen-bond acceptors (Lipinski definition) is 3. The van der Waals surface area contributed by atoms with E-state index >= 15 is 0 Å². The molecule has 3 nitrogen and oxygen atoms in total. The van der Waals surface area contributed by atoms with Crippen LogP contribution < -0.4 is 5.73 Å². The van der Waals surface area contributed by atoms with E-state index in [4.69, 9.17) is 10.5 Å². The standard InChI is InChI=1S/C13H19BrN2O/c1-17-13-3-2-4-16(9-13)8-10-5-11(14)7-12(15)6-10/h5-7,13H,2-4,8-9,15H2,1H3. The fourth-order valence-electron chi connectivity index (χ4n) is 2.37. The Balaban J connectivity index is 2.00. The lowest BCUT2D eigenvalue weighted by molar-refractivity contribution is 0.0285. The monoisotopic (exact) mass is 298 g/mol. The molecule has 1 heterocycles. The predicted molar refractivity (Wildman–Crippen MR) is 73.9 cm³/mol. The molecule has 2 N–H and O–H groups in total. The van der Waals surface area contributed by atoms with Crippen LogP contribution in [0, 0.1) is 0 Å². The van der Waals surface area contributed by atoms with Crippen LogP contribution in [0.2, 0.25) is 0 Å². The van der Waals surface area contributed by atoms with Crippen molar-refractivity contribution in [3.63, 3.8) is 0 Å². The number of nitrogens with two attached hydrogens (primary N) is 1. The SMILES string of the molecule is COC1CCCN(Cc2cc(N)cc(Br)c2)C1. The van der Waals surface area contributed by atoms with Gasteiger partial charge in [0.1, 0.15) is 0 Å². The summed E-state index contributed by atoms with van der Waals surface area (Å²) in [5.41, 5.74) is 7.92. The number of anilines is 1. The van der Waals surface area contributed by atoms with Gasteiger partial charge in [-0.15, -0.1) is 0 Å². The Morgan fingerprint density at radius 3 is 3.00 bits per heavy atom. The third-order valence-electron chi connectivity index (χ3n) is 3.18. The van der Waals surface area contributed by atoms with Gasteiger partial charge in [0.2, 0.25) is 0 Å². The smallest absolute Gasteiger partial charge is 0.0698 e. The molecule has 1 aromatic rings. The Morgan fingerprint density at radius 1 is 1.47 bits per heavy atom. The van der Waals surface area contributed by atoms with Crippen molar-refractivity contribution in [2.75, 3.05) is 25.9 Å². The summed E-state index contributed by atoms with van der Waals surface area (Å²) < 4.78 is 6.48. The van der Waals surface area contributed by atoms with Crippen molar-refractivity contribution < 1.29 is 4.74 Å². The highest BCUT2D eigenvalue weighted by molar-refractivity contribution is 9.10. The Labute approximate surface area is 111 Å². The van der Waals surface area contributed by atoms with Crippen LogP contribution in [0.5, 0.6) is 0 Å². The van der Waals surface area contributed by atoms with Gasteiger partial charge in [-0.25, -0.2) is 0 Å². The van der Waals surface area contributed by atoms with Crippen LogP contribution in [0.25, 0.3) is 0 Å². The Hall–Kier alpha value is -0.580. The van der Waals surface area contributed by atoms with E-state index in [9.17, 15) is 0 Å². The highest BCUT2D eigenvalue weighted by atomic mass is 79.9. The largest absolute Gasteiger partial charge is 0.399 e. The van der Waals surface area contributed by atoms with Gasteiger partial charge < -0.3 is 10.5 Å². The van der Waals surface area contributed by atoms with Crippen LogP contribution in [0.4, 0.5) is 5.69 Å². The molecule has 1 atom stereocenters.